The van der Waals surface area contributed by atoms with Gasteiger partial charge in [0, 0.05) is 11.5 Å². The first-order valence-corrected chi connectivity index (χ1v) is 12.1. The maximum atomic E-state index is 6.34. The van der Waals surface area contributed by atoms with Crippen LogP contribution in [0.2, 0.25) is 0 Å². The second kappa shape index (κ2) is 7.63. The van der Waals surface area contributed by atoms with Crippen molar-refractivity contribution in [2.75, 3.05) is 0 Å². The van der Waals surface area contributed by atoms with E-state index in [-0.39, 0.29) is 11.5 Å². The van der Waals surface area contributed by atoms with Crippen molar-refractivity contribution in [3.8, 4) is 5.75 Å². The SMILES string of the molecule is C=C/C(=C\c1c(C)c2c(c3c1C=CCC3)C=CCC2)c1ccc2c(c1)[C@H]1C=CC=CC1(C)O2. The topological polar surface area (TPSA) is 9.23 Å². The molecular formula is C32H30O. The Labute approximate surface area is 197 Å². The molecule has 0 N–H and O–H groups in total. The van der Waals surface area contributed by atoms with Crippen molar-refractivity contribution >= 4 is 23.8 Å². The van der Waals surface area contributed by atoms with Gasteiger partial charge in [-0.15, -0.1) is 0 Å². The van der Waals surface area contributed by atoms with Gasteiger partial charge in [-0.1, -0.05) is 61.3 Å². The van der Waals surface area contributed by atoms with Crippen LogP contribution in [0.5, 0.6) is 5.75 Å². The van der Waals surface area contributed by atoms with Crippen LogP contribution in [0.15, 0.2) is 67.3 Å². The molecule has 0 saturated carbocycles. The van der Waals surface area contributed by atoms with Gasteiger partial charge in [0.15, 0.2) is 0 Å². The van der Waals surface area contributed by atoms with Crippen molar-refractivity contribution in [1.29, 1.82) is 0 Å². The molecule has 1 heterocycles. The smallest absolute Gasteiger partial charge is 0.135 e. The van der Waals surface area contributed by atoms with Crippen LogP contribution in [0.3, 0.4) is 0 Å². The number of ether oxygens (including phenoxy) is 1. The summed E-state index contributed by atoms with van der Waals surface area (Å²) in [6, 6.07) is 6.62. The minimum atomic E-state index is -0.291. The molecule has 164 valence electrons. The highest BCUT2D eigenvalue weighted by molar-refractivity contribution is 5.92. The van der Waals surface area contributed by atoms with Gasteiger partial charge in [-0.05, 0) is 108 Å². The van der Waals surface area contributed by atoms with Crippen LogP contribution in [0.4, 0.5) is 0 Å². The van der Waals surface area contributed by atoms with Crippen LogP contribution in [0.1, 0.15) is 70.2 Å². The lowest BCUT2D eigenvalue weighted by atomic mass is 9.79. The van der Waals surface area contributed by atoms with Crippen molar-refractivity contribution in [2.45, 2.75) is 51.0 Å². The second-order valence-electron chi connectivity index (χ2n) is 9.77. The van der Waals surface area contributed by atoms with E-state index in [1.807, 2.05) is 6.08 Å². The normalized spacial score (nSPS) is 24.1. The first-order valence-electron chi connectivity index (χ1n) is 12.1. The van der Waals surface area contributed by atoms with E-state index in [2.05, 4.69) is 93.3 Å². The highest BCUT2D eigenvalue weighted by Crippen LogP contribution is 2.48. The Morgan fingerprint density at radius 3 is 2.67 bits per heavy atom. The lowest BCUT2D eigenvalue weighted by Gasteiger charge is -2.27. The largest absolute Gasteiger partial charge is 0.482 e. The zero-order valence-electron chi connectivity index (χ0n) is 19.5. The number of fused-ring (bicyclic) bond motifs is 6. The molecule has 0 bridgehead atoms. The monoisotopic (exact) mass is 430 g/mol. The summed E-state index contributed by atoms with van der Waals surface area (Å²) in [5.41, 5.74) is 12.0. The molecule has 1 heteroatoms. The number of hydrogen-bond acceptors (Lipinski definition) is 1. The molecule has 2 aromatic rings. The molecule has 6 rings (SSSR count). The molecule has 0 saturated heterocycles. The van der Waals surface area contributed by atoms with Gasteiger partial charge in [0.05, 0.1) is 0 Å². The summed E-state index contributed by atoms with van der Waals surface area (Å²) in [5, 5.41) is 0. The van der Waals surface area contributed by atoms with Crippen LogP contribution in [-0.2, 0) is 12.8 Å². The number of hydrogen-bond donors (Lipinski definition) is 0. The molecule has 0 radical (unpaired) electrons. The molecule has 2 atom stereocenters. The molecule has 33 heavy (non-hydrogen) atoms. The zero-order chi connectivity index (χ0) is 22.6. The summed E-state index contributed by atoms with van der Waals surface area (Å²) in [7, 11) is 0. The minimum absolute atomic E-state index is 0.247. The highest BCUT2D eigenvalue weighted by Gasteiger charge is 2.42. The van der Waals surface area contributed by atoms with E-state index in [1.165, 1.54) is 44.5 Å². The predicted octanol–water partition coefficient (Wildman–Crippen LogP) is 8.00. The molecule has 0 aromatic heterocycles. The fourth-order valence-corrected chi connectivity index (χ4v) is 6.03. The summed E-state index contributed by atoms with van der Waals surface area (Å²) in [6.45, 7) is 8.67. The Kier molecular flexibility index (Phi) is 4.69. The Bertz CT molecular complexity index is 1330. The molecule has 1 nitrogen and oxygen atoms in total. The van der Waals surface area contributed by atoms with Gasteiger partial charge in [-0.25, -0.2) is 0 Å². The van der Waals surface area contributed by atoms with Crippen molar-refractivity contribution in [3.05, 3.63) is 112 Å². The van der Waals surface area contributed by atoms with E-state index in [0.717, 1.165) is 37.0 Å². The molecule has 4 aliphatic rings. The molecule has 1 unspecified atom stereocenters. The van der Waals surface area contributed by atoms with Gasteiger partial charge >= 0.3 is 0 Å². The molecular weight excluding hydrogens is 400 g/mol. The highest BCUT2D eigenvalue weighted by atomic mass is 16.5. The quantitative estimate of drug-likeness (QED) is 0.354. The third-order valence-corrected chi connectivity index (χ3v) is 7.80. The number of benzene rings is 2. The second-order valence-corrected chi connectivity index (χ2v) is 9.77. The molecule has 0 fully saturated rings. The lowest BCUT2D eigenvalue weighted by molar-refractivity contribution is 0.155. The van der Waals surface area contributed by atoms with Crippen molar-refractivity contribution in [3.63, 3.8) is 0 Å². The summed E-state index contributed by atoms with van der Waals surface area (Å²) in [5.74, 6) is 1.24. The Balaban J connectivity index is 1.49. The first-order chi connectivity index (χ1) is 16.1. The van der Waals surface area contributed by atoms with Crippen molar-refractivity contribution < 1.29 is 4.74 Å². The zero-order valence-corrected chi connectivity index (χ0v) is 19.5. The van der Waals surface area contributed by atoms with Gasteiger partial charge in [0.2, 0.25) is 0 Å². The van der Waals surface area contributed by atoms with Crippen LogP contribution in [-0.4, -0.2) is 5.60 Å². The fraction of sp³-hybridized carbons (Fsp3) is 0.250. The summed E-state index contributed by atoms with van der Waals surface area (Å²) in [6.07, 6.45) is 26.9. The van der Waals surface area contributed by atoms with Crippen LogP contribution in [0, 0.1) is 6.92 Å². The Morgan fingerprint density at radius 1 is 1.06 bits per heavy atom. The first kappa shape index (κ1) is 20.3. The number of allylic oxidation sites excluding steroid dienone is 6. The van der Waals surface area contributed by atoms with Crippen molar-refractivity contribution in [2.24, 2.45) is 0 Å². The van der Waals surface area contributed by atoms with E-state index in [1.54, 1.807) is 0 Å². The average molecular weight is 431 g/mol. The van der Waals surface area contributed by atoms with Crippen LogP contribution < -0.4 is 4.74 Å². The van der Waals surface area contributed by atoms with E-state index in [4.69, 9.17) is 4.74 Å². The molecule has 0 spiro atoms. The van der Waals surface area contributed by atoms with E-state index in [0.29, 0.717) is 0 Å². The van der Waals surface area contributed by atoms with E-state index >= 15 is 0 Å². The number of rotatable bonds is 3. The fourth-order valence-electron chi connectivity index (χ4n) is 6.03. The maximum absolute atomic E-state index is 6.34. The van der Waals surface area contributed by atoms with Gasteiger partial charge in [0.25, 0.3) is 0 Å². The maximum Gasteiger partial charge on any atom is 0.135 e. The summed E-state index contributed by atoms with van der Waals surface area (Å²) < 4.78 is 6.34. The molecule has 0 amide bonds. The average Bonchev–Trinajstić information content (AvgIpc) is 3.15. The van der Waals surface area contributed by atoms with Crippen LogP contribution >= 0.6 is 0 Å². The van der Waals surface area contributed by atoms with Crippen molar-refractivity contribution in [1.82, 2.24) is 0 Å². The van der Waals surface area contributed by atoms with Gasteiger partial charge in [-0.2, -0.15) is 0 Å². The lowest BCUT2D eigenvalue weighted by Crippen LogP contribution is -2.32. The van der Waals surface area contributed by atoms with E-state index in [9.17, 15) is 0 Å². The summed E-state index contributed by atoms with van der Waals surface area (Å²) >= 11 is 0. The van der Waals surface area contributed by atoms with E-state index < -0.39 is 0 Å². The van der Waals surface area contributed by atoms with Gasteiger partial charge in [0.1, 0.15) is 11.4 Å². The molecule has 1 aliphatic heterocycles. The Morgan fingerprint density at radius 2 is 1.85 bits per heavy atom. The Hall–Kier alpha value is -3.32. The standard InChI is InChI=1S/C32H30O/c1-4-22(23-16-17-31-29(20-23)30-15-9-10-18-32(30,3)33-31)19-28-21(2)24-11-5-6-12-25(24)26-13-7-8-14-27(26)28/h4,6,8-10,12,14-20,30H,1,5,7,11,13H2,2-3H3/b22-19+/t30-,32?/m1/s1. The molecule has 3 aliphatic carbocycles. The third-order valence-electron chi connectivity index (χ3n) is 7.80. The molecule has 2 aromatic carbocycles. The van der Waals surface area contributed by atoms with Gasteiger partial charge < -0.3 is 4.74 Å². The third kappa shape index (κ3) is 3.14. The predicted molar refractivity (Wildman–Crippen MR) is 140 cm³/mol. The van der Waals surface area contributed by atoms with Gasteiger partial charge in [-0.3, -0.25) is 0 Å². The summed E-state index contributed by atoms with van der Waals surface area (Å²) in [4.78, 5) is 0. The van der Waals surface area contributed by atoms with Crippen LogP contribution in [0.25, 0.3) is 23.8 Å². The minimum Gasteiger partial charge on any atom is -0.482 e.